The molecule has 0 aliphatic carbocycles. The molecule has 0 aromatic heterocycles. The normalized spacial score (nSPS) is 10.6. The van der Waals surface area contributed by atoms with Crippen molar-refractivity contribution in [2.24, 2.45) is 0 Å². The summed E-state index contributed by atoms with van der Waals surface area (Å²) in [6, 6.07) is 13.8. The number of benzene rings is 2. The monoisotopic (exact) mass is 358 g/mol. The Bertz CT molecular complexity index is 839. The molecule has 0 heterocycles. The molecule has 110 valence electrons. The van der Waals surface area contributed by atoms with Gasteiger partial charge in [0.25, 0.3) is 10.9 Å². The predicted octanol–water partition coefficient (Wildman–Crippen LogP) is 3.24. The summed E-state index contributed by atoms with van der Waals surface area (Å²) in [7, 11) is 0. The first kappa shape index (κ1) is 14.3. The second-order valence-electron chi connectivity index (χ2n) is 4.66. The van der Waals surface area contributed by atoms with Crippen LogP contribution in [-0.2, 0) is 0 Å². The maximum atomic E-state index is 11.8. The molecule has 0 unspecified atom stereocenters. The number of aromatic hydroxyl groups is 1. The Hall–Kier alpha value is -2.60. The largest absolute Gasteiger partial charge is 0.506 e. The number of para-hydroxylation sites is 3. The van der Waals surface area contributed by atoms with Gasteiger partial charge in [0.1, 0.15) is 17.1 Å². The van der Waals surface area contributed by atoms with Crippen LogP contribution < -0.4 is 21.5 Å². The third-order valence-corrected chi connectivity index (χ3v) is 3.90. The molecule has 3 N–H and O–H groups in total. The molecule has 3 aromatic carbocycles. The summed E-state index contributed by atoms with van der Waals surface area (Å²) in [6.07, 6.45) is 0. The summed E-state index contributed by atoms with van der Waals surface area (Å²) >= 11 is 3.37. The van der Waals surface area contributed by atoms with Gasteiger partial charge in [0.2, 0.25) is 0 Å². The molecule has 3 rings (SSSR count). The first-order valence-corrected chi connectivity index (χ1v) is 7.27. The number of halogens is 1. The molecule has 6 heteroatoms. The van der Waals surface area contributed by atoms with Crippen molar-refractivity contribution in [3.8, 4) is 5.75 Å². The zero-order valence-electron chi connectivity index (χ0n) is 11.3. The van der Waals surface area contributed by atoms with Gasteiger partial charge in [-0.1, -0.05) is 24.3 Å². The minimum absolute atomic E-state index is 0.00221. The quantitative estimate of drug-likeness (QED) is 0.492. The highest BCUT2D eigenvalue weighted by Crippen LogP contribution is 2.31. The summed E-state index contributed by atoms with van der Waals surface area (Å²) in [6.45, 7) is 0. The van der Waals surface area contributed by atoms with Crippen LogP contribution in [0.15, 0.2) is 62.6 Å². The third kappa shape index (κ3) is 2.48. The van der Waals surface area contributed by atoms with Crippen molar-refractivity contribution >= 4 is 38.7 Å². The second-order valence-corrected chi connectivity index (χ2v) is 5.51. The van der Waals surface area contributed by atoms with Gasteiger partial charge in [-0.15, -0.1) is 0 Å². The van der Waals surface area contributed by atoms with Gasteiger partial charge in [-0.05, 0) is 40.2 Å². The number of phenols is 1. The van der Waals surface area contributed by atoms with Gasteiger partial charge in [0, 0.05) is 4.47 Å². The fraction of sp³-hybridized carbons (Fsp3) is 0. The van der Waals surface area contributed by atoms with E-state index in [2.05, 4.69) is 26.6 Å². The zero-order chi connectivity index (χ0) is 15.7. The fourth-order valence-electron chi connectivity index (χ4n) is 2.04. The summed E-state index contributed by atoms with van der Waals surface area (Å²) in [5.74, 6) is 0.00221. The van der Waals surface area contributed by atoms with Crippen molar-refractivity contribution in [3.63, 3.8) is 0 Å². The number of phenolic OH excluding ortho intramolecular Hbond substituents is 1. The Morgan fingerprint density at radius 1 is 0.773 bits per heavy atom. The lowest BCUT2D eigenvalue weighted by Gasteiger charge is -2.16. The zero-order valence-corrected chi connectivity index (χ0v) is 12.8. The van der Waals surface area contributed by atoms with E-state index in [1.54, 1.807) is 24.3 Å². The number of hydrogen-bond acceptors (Lipinski definition) is 5. The van der Waals surface area contributed by atoms with Crippen molar-refractivity contribution in [1.29, 1.82) is 0 Å². The average Bonchev–Trinajstić information content (AvgIpc) is 2.53. The topological polar surface area (TPSA) is 78.4 Å². The number of hydrogen-bond donors (Lipinski definition) is 3. The van der Waals surface area contributed by atoms with Crippen molar-refractivity contribution in [2.45, 2.75) is 0 Å². The van der Waals surface area contributed by atoms with E-state index in [-0.39, 0.29) is 17.1 Å². The summed E-state index contributed by atoms with van der Waals surface area (Å²) < 4.78 is 0.775. The fourth-order valence-corrected chi connectivity index (χ4v) is 2.43. The standard InChI is InChI=1S/C16H11BrN2O3/c17-9-5-1-2-6-10(9)18-13-14(16(22)15(13)21)19-11-7-3-4-8-12(11)20/h1-8,18-20H. The van der Waals surface area contributed by atoms with Gasteiger partial charge >= 0.3 is 0 Å². The molecule has 0 fully saturated rings. The number of nitrogens with one attached hydrogen (secondary N) is 2. The van der Waals surface area contributed by atoms with E-state index >= 15 is 0 Å². The lowest BCUT2D eigenvalue weighted by atomic mass is 10.1. The Kier molecular flexibility index (Phi) is 3.68. The molecule has 0 saturated heterocycles. The highest BCUT2D eigenvalue weighted by atomic mass is 79.9. The van der Waals surface area contributed by atoms with Crippen LogP contribution in [0.2, 0.25) is 0 Å². The minimum atomic E-state index is -0.613. The Balaban J connectivity index is 1.93. The summed E-state index contributed by atoms with van der Waals surface area (Å²) in [5.41, 5.74) is 0.161. The molecule has 0 atom stereocenters. The van der Waals surface area contributed by atoms with Crippen molar-refractivity contribution in [3.05, 3.63) is 73.5 Å². The molecule has 0 radical (unpaired) electrons. The van der Waals surface area contributed by atoms with Gasteiger partial charge in [0.15, 0.2) is 0 Å². The third-order valence-electron chi connectivity index (χ3n) is 3.21. The maximum Gasteiger partial charge on any atom is 0.253 e. The van der Waals surface area contributed by atoms with Crippen molar-refractivity contribution in [2.75, 3.05) is 10.6 Å². The summed E-state index contributed by atoms with van der Waals surface area (Å²) in [4.78, 5) is 23.5. The SMILES string of the molecule is O=c1c(Nc2ccccc2O)c(Nc2ccccc2Br)c1=O. The van der Waals surface area contributed by atoms with Crippen LogP contribution in [0.3, 0.4) is 0 Å². The van der Waals surface area contributed by atoms with Crippen LogP contribution in [0.1, 0.15) is 0 Å². The van der Waals surface area contributed by atoms with Gasteiger partial charge in [-0.2, -0.15) is 0 Å². The van der Waals surface area contributed by atoms with E-state index < -0.39 is 10.9 Å². The van der Waals surface area contributed by atoms with Gasteiger partial charge in [0.05, 0.1) is 11.4 Å². The molecule has 5 nitrogen and oxygen atoms in total. The van der Waals surface area contributed by atoms with Gasteiger partial charge in [-0.25, -0.2) is 0 Å². The van der Waals surface area contributed by atoms with Gasteiger partial charge in [-0.3, -0.25) is 9.59 Å². The van der Waals surface area contributed by atoms with Crippen LogP contribution in [-0.4, -0.2) is 5.11 Å². The molecular weight excluding hydrogens is 348 g/mol. The lowest BCUT2D eigenvalue weighted by Crippen LogP contribution is -2.35. The molecule has 0 aliphatic heterocycles. The summed E-state index contributed by atoms with van der Waals surface area (Å²) in [5, 5.41) is 15.5. The predicted molar refractivity (Wildman–Crippen MR) is 90.2 cm³/mol. The molecule has 0 aliphatic rings. The molecule has 22 heavy (non-hydrogen) atoms. The molecular formula is C16H11BrN2O3. The smallest absolute Gasteiger partial charge is 0.253 e. The number of rotatable bonds is 4. The second kappa shape index (κ2) is 5.65. The molecule has 0 bridgehead atoms. The van der Waals surface area contributed by atoms with E-state index in [4.69, 9.17) is 0 Å². The van der Waals surface area contributed by atoms with E-state index in [9.17, 15) is 14.7 Å². The van der Waals surface area contributed by atoms with Crippen molar-refractivity contribution in [1.82, 2.24) is 0 Å². The van der Waals surface area contributed by atoms with Crippen LogP contribution in [0.4, 0.5) is 22.7 Å². The highest BCUT2D eigenvalue weighted by Gasteiger charge is 2.22. The highest BCUT2D eigenvalue weighted by molar-refractivity contribution is 9.10. The molecule has 0 saturated carbocycles. The molecule has 0 spiro atoms. The average molecular weight is 359 g/mol. The van der Waals surface area contributed by atoms with Crippen LogP contribution in [0, 0.1) is 0 Å². The lowest BCUT2D eigenvalue weighted by molar-refractivity contribution is 0.478. The first-order chi connectivity index (χ1) is 10.6. The maximum absolute atomic E-state index is 11.8. The minimum Gasteiger partial charge on any atom is -0.506 e. The molecule has 3 aromatic rings. The Labute approximate surface area is 134 Å². The van der Waals surface area contributed by atoms with Crippen LogP contribution in [0.5, 0.6) is 5.75 Å². The van der Waals surface area contributed by atoms with E-state index in [1.807, 2.05) is 18.2 Å². The Morgan fingerprint density at radius 2 is 1.27 bits per heavy atom. The molecule has 0 amide bonds. The van der Waals surface area contributed by atoms with Crippen molar-refractivity contribution < 1.29 is 5.11 Å². The van der Waals surface area contributed by atoms with E-state index in [1.165, 1.54) is 6.07 Å². The van der Waals surface area contributed by atoms with E-state index in [0.717, 1.165) is 4.47 Å². The number of anilines is 4. The first-order valence-electron chi connectivity index (χ1n) is 6.48. The van der Waals surface area contributed by atoms with Crippen LogP contribution >= 0.6 is 15.9 Å². The van der Waals surface area contributed by atoms with E-state index in [0.29, 0.717) is 11.4 Å². The Morgan fingerprint density at radius 3 is 1.86 bits per heavy atom. The van der Waals surface area contributed by atoms with Crippen LogP contribution in [0.25, 0.3) is 0 Å². The van der Waals surface area contributed by atoms with Gasteiger partial charge < -0.3 is 15.7 Å².